The zero-order valence-electron chi connectivity index (χ0n) is 9.93. The Hall–Kier alpha value is -1.26. The standard InChI is InChI=1S/C13H17F2NO/c1-10(2)9-17-7-6-16-8-11-4-3-5-12(14)13(11)15/h3-5,16H,1,6-9H2,2H3. The predicted octanol–water partition coefficient (Wildman–Crippen LogP) is 2.65. The number of ether oxygens (including phenoxy) is 1. The smallest absolute Gasteiger partial charge is 0.163 e. The molecule has 0 bridgehead atoms. The minimum atomic E-state index is -0.817. The molecule has 0 aromatic heterocycles. The zero-order valence-corrected chi connectivity index (χ0v) is 9.93. The van der Waals surface area contributed by atoms with Gasteiger partial charge in [0, 0.05) is 18.7 Å². The second-order valence-electron chi connectivity index (χ2n) is 3.90. The average molecular weight is 241 g/mol. The summed E-state index contributed by atoms with van der Waals surface area (Å²) in [5.74, 6) is -1.61. The van der Waals surface area contributed by atoms with E-state index in [2.05, 4.69) is 11.9 Å². The molecular weight excluding hydrogens is 224 g/mol. The molecule has 1 rings (SSSR count). The van der Waals surface area contributed by atoms with Gasteiger partial charge in [-0.2, -0.15) is 0 Å². The Morgan fingerprint density at radius 1 is 1.41 bits per heavy atom. The molecule has 0 aliphatic rings. The van der Waals surface area contributed by atoms with E-state index < -0.39 is 11.6 Å². The van der Waals surface area contributed by atoms with Gasteiger partial charge in [0.1, 0.15) is 0 Å². The Labute approximate surface area is 100 Å². The summed E-state index contributed by atoms with van der Waals surface area (Å²) in [6.07, 6.45) is 0. The van der Waals surface area contributed by atoms with Crippen LogP contribution in [0, 0.1) is 11.6 Å². The van der Waals surface area contributed by atoms with E-state index in [-0.39, 0.29) is 0 Å². The average Bonchev–Trinajstić information content (AvgIpc) is 2.28. The first-order valence-electron chi connectivity index (χ1n) is 5.47. The first-order chi connectivity index (χ1) is 8.11. The van der Waals surface area contributed by atoms with E-state index in [0.29, 0.717) is 31.9 Å². The van der Waals surface area contributed by atoms with Gasteiger partial charge in [0.05, 0.1) is 13.2 Å². The molecule has 0 spiro atoms. The van der Waals surface area contributed by atoms with Crippen LogP contribution in [0.1, 0.15) is 12.5 Å². The fourth-order valence-corrected chi connectivity index (χ4v) is 1.30. The lowest BCUT2D eigenvalue weighted by Crippen LogP contribution is -2.20. The van der Waals surface area contributed by atoms with Crippen LogP contribution in [0.2, 0.25) is 0 Å². The van der Waals surface area contributed by atoms with Gasteiger partial charge in [-0.05, 0) is 13.0 Å². The maximum atomic E-state index is 13.2. The third-order valence-electron chi connectivity index (χ3n) is 2.12. The molecule has 2 nitrogen and oxygen atoms in total. The van der Waals surface area contributed by atoms with Crippen molar-refractivity contribution in [2.45, 2.75) is 13.5 Å². The van der Waals surface area contributed by atoms with Crippen molar-refractivity contribution in [2.75, 3.05) is 19.8 Å². The molecule has 0 atom stereocenters. The Kier molecular flexibility index (Phi) is 5.80. The van der Waals surface area contributed by atoms with Gasteiger partial charge in [-0.3, -0.25) is 0 Å². The second-order valence-corrected chi connectivity index (χ2v) is 3.90. The molecule has 0 radical (unpaired) electrons. The monoisotopic (exact) mass is 241 g/mol. The van der Waals surface area contributed by atoms with Gasteiger partial charge in [0.15, 0.2) is 11.6 Å². The van der Waals surface area contributed by atoms with E-state index in [4.69, 9.17) is 4.74 Å². The number of halogens is 2. The van der Waals surface area contributed by atoms with Crippen LogP contribution in [0.3, 0.4) is 0 Å². The largest absolute Gasteiger partial charge is 0.376 e. The summed E-state index contributed by atoms with van der Waals surface area (Å²) >= 11 is 0. The Bertz CT molecular complexity index is 380. The number of nitrogens with one attached hydrogen (secondary N) is 1. The van der Waals surface area contributed by atoms with Crippen molar-refractivity contribution in [3.05, 3.63) is 47.5 Å². The molecule has 1 aromatic carbocycles. The molecule has 0 heterocycles. The van der Waals surface area contributed by atoms with Crippen molar-refractivity contribution < 1.29 is 13.5 Å². The van der Waals surface area contributed by atoms with E-state index in [1.165, 1.54) is 6.07 Å². The van der Waals surface area contributed by atoms with Crippen LogP contribution >= 0.6 is 0 Å². The van der Waals surface area contributed by atoms with Crippen LogP contribution < -0.4 is 5.32 Å². The molecule has 1 N–H and O–H groups in total. The lowest BCUT2D eigenvalue weighted by molar-refractivity contribution is 0.157. The Balaban J connectivity index is 2.22. The molecule has 0 unspecified atom stereocenters. The normalized spacial score (nSPS) is 10.5. The number of hydrogen-bond acceptors (Lipinski definition) is 2. The number of benzene rings is 1. The molecule has 0 aliphatic carbocycles. The summed E-state index contributed by atoms with van der Waals surface area (Å²) in [5.41, 5.74) is 1.28. The highest BCUT2D eigenvalue weighted by Gasteiger charge is 2.06. The van der Waals surface area contributed by atoms with Crippen molar-refractivity contribution >= 4 is 0 Å². The van der Waals surface area contributed by atoms with E-state index >= 15 is 0 Å². The van der Waals surface area contributed by atoms with Gasteiger partial charge in [-0.1, -0.05) is 24.3 Å². The Morgan fingerprint density at radius 2 is 2.18 bits per heavy atom. The van der Waals surface area contributed by atoms with Crippen LogP contribution in [0.5, 0.6) is 0 Å². The third kappa shape index (κ3) is 5.06. The van der Waals surface area contributed by atoms with Gasteiger partial charge >= 0.3 is 0 Å². The first-order valence-corrected chi connectivity index (χ1v) is 5.47. The van der Waals surface area contributed by atoms with Gasteiger partial charge < -0.3 is 10.1 Å². The molecule has 0 amide bonds. The zero-order chi connectivity index (χ0) is 12.7. The third-order valence-corrected chi connectivity index (χ3v) is 2.12. The molecule has 1 aromatic rings. The van der Waals surface area contributed by atoms with E-state index in [9.17, 15) is 8.78 Å². The van der Waals surface area contributed by atoms with Gasteiger partial charge in [0.2, 0.25) is 0 Å². The SMILES string of the molecule is C=C(C)COCCNCc1cccc(F)c1F. The van der Waals surface area contributed by atoms with Crippen LogP contribution in [-0.2, 0) is 11.3 Å². The minimum absolute atomic E-state index is 0.292. The van der Waals surface area contributed by atoms with E-state index in [1.807, 2.05) is 6.92 Å². The molecule has 94 valence electrons. The summed E-state index contributed by atoms with van der Waals surface area (Å²) in [5, 5.41) is 2.98. The van der Waals surface area contributed by atoms with Gasteiger partial charge in [-0.15, -0.1) is 0 Å². The van der Waals surface area contributed by atoms with Crippen LogP contribution in [0.4, 0.5) is 8.78 Å². The van der Waals surface area contributed by atoms with Gasteiger partial charge in [-0.25, -0.2) is 8.78 Å². The van der Waals surface area contributed by atoms with Crippen LogP contribution in [0.25, 0.3) is 0 Å². The van der Waals surface area contributed by atoms with Crippen LogP contribution in [-0.4, -0.2) is 19.8 Å². The maximum Gasteiger partial charge on any atom is 0.163 e. The van der Waals surface area contributed by atoms with E-state index in [1.54, 1.807) is 6.07 Å². The topological polar surface area (TPSA) is 21.3 Å². The summed E-state index contributed by atoms with van der Waals surface area (Å²) in [6.45, 7) is 7.51. The summed E-state index contributed by atoms with van der Waals surface area (Å²) in [6, 6.07) is 4.15. The lowest BCUT2D eigenvalue weighted by Gasteiger charge is -2.07. The Morgan fingerprint density at radius 3 is 2.88 bits per heavy atom. The molecule has 0 saturated carbocycles. The second kappa shape index (κ2) is 7.14. The predicted molar refractivity (Wildman–Crippen MR) is 63.7 cm³/mol. The quantitative estimate of drug-likeness (QED) is 0.585. The highest BCUT2D eigenvalue weighted by Crippen LogP contribution is 2.10. The molecule has 0 fully saturated rings. The fraction of sp³-hybridized carbons (Fsp3) is 0.385. The van der Waals surface area contributed by atoms with Crippen molar-refractivity contribution in [3.8, 4) is 0 Å². The highest BCUT2D eigenvalue weighted by molar-refractivity contribution is 5.18. The van der Waals surface area contributed by atoms with Gasteiger partial charge in [0.25, 0.3) is 0 Å². The van der Waals surface area contributed by atoms with Crippen molar-refractivity contribution in [1.29, 1.82) is 0 Å². The summed E-state index contributed by atoms with van der Waals surface area (Å²) in [7, 11) is 0. The number of rotatable bonds is 7. The summed E-state index contributed by atoms with van der Waals surface area (Å²) < 4.78 is 31.3. The highest BCUT2D eigenvalue weighted by atomic mass is 19.2. The minimum Gasteiger partial charge on any atom is -0.376 e. The lowest BCUT2D eigenvalue weighted by atomic mass is 10.2. The molecular formula is C13H17F2NO. The fourth-order valence-electron chi connectivity index (χ4n) is 1.30. The van der Waals surface area contributed by atoms with E-state index in [0.717, 1.165) is 11.6 Å². The van der Waals surface area contributed by atoms with Crippen LogP contribution in [0.15, 0.2) is 30.4 Å². The first kappa shape index (κ1) is 13.8. The summed E-state index contributed by atoms with van der Waals surface area (Å²) in [4.78, 5) is 0. The van der Waals surface area contributed by atoms with Crippen molar-refractivity contribution in [1.82, 2.24) is 5.32 Å². The number of hydrogen-bond donors (Lipinski definition) is 1. The molecule has 0 saturated heterocycles. The maximum absolute atomic E-state index is 13.2. The van der Waals surface area contributed by atoms with Crippen molar-refractivity contribution in [2.24, 2.45) is 0 Å². The molecule has 4 heteroatoms. The molecule has 0 aliphatic heterocycles. The molecule has 17 heavy (non-hydrogen) atoms. The van der Waals surface area contributed by atoms with Crippen molar-refractivity contribution in [3.63, 3.8) is 0 Å².